The Morgan fingerprint density at radius 1 is 1.00 bits per heavy atom. The lowest BCUT2D eigenvalue weighted by atomic mass is 9.91. The summed E-state index contributed by atoms with van der Waals surface area (Å²) in [7, 11) is 2.06. The van der Waals surface area contributed by atoms with Gasteiger partial charge in [-0.1, -0.05) is 56.3 Å². The van der Waals surface area contributed by atoms with Crippen LogP contribution in [0.5, 0.6) is 0 Å². The molecule has 0 aliphatic rings. The van der Waals surface area contributed by atoms with Crippen LogP contribution < -0.4 is 4.57 Å². The van der Waals surface area contributed by atoms with Crippen LogP contribution in [0, 0.1) is 20.4 Å². The number of hydrogen-bond donors (Lipinski definition) is 0. The Bertz CT molecular complexity index is 1620. The molecule has 3 heteroatoms. The molecule has 0 radical (unpaired) electrons. The first-order chi connectivity index (χ1) is 16.2. The fourth-order valence-corrected chi connectivity index (χ4v) is 4.63. The molecule has 3 nitrogen and oxygen atoms in total. The van der Waals surface area contributed by atoms with Crippen molar-refractivity contribution in [3.05, 3.63) is 95.0 Å². The third kappa shape index (κ3) is 3.39. The molecule has 0 fully saturated rings. The van der Waals surface area contributed by atoms with Crippen molar-refractivity contribution in [2.24, 2.45) is 7.05 Å². The molecule has 2 heterocycles. The van der Waals surface area contributed by atoms with Crippen LogP contribution in [0.1, 0.15) is 37.9 Å². The highest BCUT2D eigenvalue weighted by Gasteiger charge is 2.25. The molecule has 0 saturated carbocycles. The highest BCUT2D eigenvalue weighted by molar-refractivity contribution is 6.17. The van der Waals surface area contributed by atoms with Crippen LogP contribution in [-0.4, -0.2) is 0 Å². The fourth-order valence-electron chi connectivity index (χ4n) is 4.63. The van der Waals surface area contributed by atoms with Crippen LogP contribution in [0.3, 0.4) is 0 Å². The standard InChI is InChI=1S/C30H27N2O/c1-18(2)22-15-20(4)32(6)26(16-22)28-19(3)14-25(21-10-8-7-9-11-21)29-24-13-12-23(31-5)17-27(24)33-30(28)29/h7-18H,1-4,6H3/q+1/i18D. The minimum atomic E-state index is -0.719. The summed E-state index contributed by atoms with van der Waals surface area (Å²) >= 11 is 0. The van der Waals surface area contributed by atoms with Gasteiger partial charge in [-0.25, -0.2) is 4.85 Å². The predicted octanol–water partition coefficient (Wildman–Crippen LogP) is 8.04. The minimum absolute atomic E-state index is 0.561. The van der Waals surface area contributed by atoms with E-state index in [0.717, 1.165) is 55.6 Å². The fraction of sp³-hybridized carbons (Fsp3) is 0.200. The van der Waals surface area contributed by atoms with Gasteiger partial charge in [0.05, 0.1) is 12.1 Å². The zero-order valence-corrected chi connectivity index (χ0v) is 19.7. The van der Waals surface area contributed by atoms with Crippen LogP contribution in [0.2, 0.25) is 0 Å². The normalized spacial score (nSPS) is 12.2. The van der Waals surface area contributed by atoms with Gasteiger partial charge in [-0.05, 0) is 47.2 Å². The number of aromatic nitrogens is 1. The van der Waals surface area contributed by atoms with Crippen molar-refractivity contribution in [2.75, 3.05) is 0 Å². The molecular weight excluding hydrogens is 404 g/mol. The minimum Gasteiger partial charge on any atom is -0.456 e. The van der Waals surface area contributed by atoms with Crippen molar-refractivity contribution in [1.29, 1.82) is 0 Å². The number of benzene rings is 3. The third-order valence-corrected chi connectivity index (χ3v) is 6.52. The average molecular weight is 433 g/mol. The van der Waals surface area contributed by atoms with Crippen LogP contribution in [-0.2, 0) is 7.05 Å². The van der Waals surface area contributed by atoms with Gasteiger partial charge in [0, 0.05) is 31.2 Å². The van der Waals surface area contributed by atoms with Crippen LogP contribution in [0.25, 0.3) is 49.2 Å². The monoisotopic (exact) mass is 432 g/mol. The highest BCUT2D eigenvalue weighted by Crippen LogP contribution is 2.44. The van der Waals surface area contributed by atoms with Gasteiger partial charge in [-0.2, -0.15) is 4.57 Å². The molecule has 0 saturated heterocycles. The van der Waals surface area contributed by atoms with Crippen LogP contribution in [0.15, 0.2) is 71.1 Å². The molecule has 5 aromatic rings. The molecule has 162 valence electrons. The van der Waals surface area contributed by atoms with Gasteiger partial charge < -0.3 is 4.42 Å². The van der Waals surface area contributed by atoms with Crippen LogP contribution in [0.4, 0.5) is 5.69 Å². The highest BCUT2D eigenvalue weighted by atomic mass is 16.3. The molecule has 0 amide bonds. The van der Waals surface area contributed by atoms with E-state index in [4.69, 9.17) is 12.4 Å². The summed E-state index contributed by atoms with van der Waals surface area (Å²) in [5, 5.41) is 2.05. The number of furan rings is 1. The maximum absolute atomic E-state index is 8.63. The van der Waals surface area contributed by atoms with E-state index in [0.29, 0.717) is 11.3 Å². The summed E-state index contributed by atoms with van der Waals surface area (Å²) in [6.07, 6.45) is 0. The van der Waals surface area contributed by atoms with E-state index in [1.165, 1.54) is 0 Å². The zero-order chi connectivity index (χ0) is 24.2. The summed E-state index contributed by atoms with van der Waals surface area (Å²) in [5.41, 5.74) is 9.51. The molecule has 0 unspecified atom stereocenters. The topological polar surface area (TPSA) is 21.4 Å². The smallest absolute Gasteiger partial charge is 0.216 e. The molecule has 0 aliphatic heterocycles. The number of hydrogen-bond acceptors (Lipinski definition) is 1. The van der Waals surface area contributed by atoms with E-state index < -0.39 is 5.89 Å². The Balaban J connectivity index is 1.95. The Labute approximate surface area is 196 Å². The second-order valence-corrected chi connectivity index (χ2v) is 8.91. The van der Waals surface area contributed by atoms with Gasteiger partial charge >= 0.3 is 0 Å². The molecule has 0 N–H and O–H groups in total. The number of nitrogens with zero attached hydrogens (tertiary/aromatic N) is 2. The van der Waals surface area contributed by atoms with Gasteiger partial charge in [0.15, 0.2) is 11.4 Å². The third-order valence-electron chi connectivity index (χ3n) is 6.52. The van der Waals surface area contributed by atoms with Gasteiger partial charge in [0.2, 0.25) is 5.69 Å². The number of fused-ring (bicyclic) bond motifs is 3. The summed E-state index contributed by atoms with van der Waals surface area (Å²) in [4.78, 5) is 3.60. The zero-order valence-electron chi connectivity index (χ0n) is 20.7. The molecule has 2 aromatic heterocycles. The first-order valence-electron chi connectivity index (χ1n) is 11.6. The summed E-state index contributed by atoms with van der Waals surface area (Å²) in [6.45, 7) is 15.5. The van der Waals surface area contributed by atoms with Crippen molar-refractivity contribution in [2.45, 2.75) is 33.6 Å². The van der Waals surface area contributed by atoms with Crippen molar-refractivity contribution in [3.8, 4) is 22.4 Å². The van der Waals surface area contributed by atoms with Crippen molar-refractivity contribution >= 4 is 27.6 Å². The first kappa shape index (κ1) is 19.8. The van der Waals surface area contributed by atoms with Gasteiger partial charge in [0.25, 0.3) is 0 Å². The first-order valence-corrected chi connectivity index (χ1v) is 11.1. The van der Waals surface area contributed by atoms with E-state index >= 15 is 0 Å². The van der Waals surface area contributed by atoms with E-state index in [2.05, 4.69) is 60.6 Å². The van der Waals surface area contributed by atoms with Crippen LogP contribution >= 0.6 is 0 Å². The molecule has 33 heavy (non-hydrogen) atoms. The SMILES string of the molecule is [2H]C(C)(C)c1cc(C)[n+](C)c(-c2c(C)cc(-c3ccccc3)c3c2oc2cc([N+]#[C-])ccc23)c1. The second-order valence-electron chi connectivity index (χ2n) is 8.91. The molecule has 0 bridgehead atoms. The predicted molar refractivity (Wildman–Crippen MR) is 136 cm³/mol. The van der Waals surface area contributed by atoms with E-state index in [-0.39, 0.29) is 0 Å². The Hall–Kier alpha value is -3.90. The average Bonchev–Trinajstić information content (AvgIpc) is 3.18. The number of aryl methyl sites for hydroxylation is 2. The van der Waals surface area contributed by atoms with Gasteiger partial charge in [-0.15, -0.1) is 0 Å². The van der Waals surface area contributed by atoms with Gasteiger partial charge in [-0.3, -0.25) is 0 Å². The maximum atomic E-state index is 8.63. The largest absolute Gasteiger partial charge is 0.456 e. The van der Waals surface area contributed by atoms with Crippen molar-refractivity contribution < 1.29 is 10.4 Å². The molecule has 3 aromatic carbocycles. The molecule has 0 spiro atoms. The molecule has 0 aliphatic carbocycles. The Morgan fingerprint density at radius 2 is 1.76 bits per heavy atom. The summed E-state index contributed by atoms with van der Waals surface area (Å²) < 4.78 is 17.3. The summed E-state index contributed by atoms with van der Waals surface area (Å²) in [6, 6.07) is 22.5. The lowest BCUT2D eigenvalue weighted by molar-refractivity contribution is -0.666. The Morgan fingerprint density at radius 3 is 2.45 bits per heavy atom. The number of pyridine rings is 1. The van der Waals surface area contributed by atoms with Crippen molar-refractivity contribution in [1.82, 2.24) is 0 Å². The maximum Gasteiger partial charge on any atom is 0.216 e. The Kier molecular flexibility index (Phi) is 4.73. The lowest BCUT2D eigenvalue weighted by Crippen LogP contribution is -2.35. The van der Waals surface area contributed by atoms with E-state index in [9.17, 15) is 0 Å². The molecule has 5 rings (SSSR count). The van der Waals surface area contributed by atoms with E-state index in [1.807, 2.05) is 50.2 Å². The quantitative estimate of drug-likeness (QED) is 0.209. The van der Waals surface area contributed by atoms with Gasteiger partial charge in [0.1, 0.15) is 18.2 Å². The van der Waals surface area contributed by atoms with E-state index in [1.54, 1.807) is 0 Å². The summed E-state index contributed by atoms with van der Waals surface area (Å²) in [5.74, 6) is -0.719. The molecule has 0 atom stereocenters. The molecular formula is C30H27N2O+. The lowest BCUT2D eigenvalue weighted by Gasteiger charge is -2.13. The van der Waals surface area contributed by atoms with Crippen molar-refractivity contribution in [3.63, 3.8) is 0 Å². The second kappa shape index (κ2) is 7.90. The number of rotatable bonds is 3.